The Morgan fingerprint density at radius 1 is 1.22 bits per heavy atom. The highest BCUT2D eigenvalue weighted by atomic mass is 16.5. The van der Waals surface area contributed by atoms with Crippen LogP contribution in [-0.4, -0.2) is 56.3 Å². The highest BCUT2D eigenvalue weighted by molar-refractivity contribution is 6.27. The van der Waals surface area contributed by atoms with Gasteiger partial charge in [0.15, 0.2) is 5.82 Å². The van der Waals surface area contributed by atoms with Crippen LogP contribution in [0, 0.1) is 0 Å². The van der Waals surface area contributed by atoms with Crippen LogP contribution in [0.1, 0.15) is 49.7 Å². The third-order valence-corrected chi connectivity index (χ3v) is 4.62. The van der Waals surface area contributed by atoms with Gasteiger partial charge in [-0.15, -0.1) is 0 Å². The number of carboxylic acids is 2. The van der Waals surface area contributed by atoms with Crippen molar-refractivity contribution < 1.29 is 24.3 Å². The Labute approximate surface area is 132 Å². The van der Waals surface area contributed by atoms with Crippen molar-refractivity contribution in [1.82, 2.24) is 15.0 Å². The predicted molar refractivity (Wildman–Crippen MR) is 78.7 cm³/mol. The zero-order valence-electron chi connectivity index (χ0n) is 12.8. The van der Waals surface area contributed by atoms with Crippen molar-refractivity contribution >= 4 is 17.5 Å². The summed E-state index contributed by atoms with van der Waals surface area (Å²) in [7, 11) is 2.22. The van der Waals surface area contributed by atoms with E-state index in [-0.39, 0.29) is 0 Å². The second-order valence-corrected chi connectivity index (χ2v) is 6.15. The van der Waals surface area contributed by atoms with Gasteiger partial charge in [0.1, 0.15) is 0 Å². The maximum Gasteiger partial charge on any atom is 0.414 e. The topological polar surface area (TPSA) is 117 Å². The molecule has 4 rings (SSSR count). The molecule has 0 radical (unpaired) electrons. The lowest BCUT2D eigenvalue weighted by molar-refractivity contribution is -0.159. The van der Waals surface area contributed by atoms with E-state index in [4.69, 9.17) is 24.3 Å². The first-order chi connectivity index (χ1) is 11.0. The number of aromatic nitrogens is 2. The van der Waals surface area contributed by atoms with Crippen molar-refractivity contribution in [2.24, 2.45) is 0 Å². The first-order valence-electron chi connectivity index (χ1n) is 7.69. The fourth-order valence-electron chi connectivity index (χ4n) is 3.16. The highest BCUT2D eigenvalue weighted by Gasteiger charge is 2.38. The number of carboxylic acid groups (broad SMARTS) is 2. The molecule has 2 aliphatic heterocycles. The number of likely N-dealkylation sites (N-methyl/N-ethyl adjacent to an activating group) is 1. The van der Waals surface area contributed by atoms with E-state index in [0.29, 0.717) is 12.0 Å². The molecular formula is C15H19N3O5. The quantitative estimate of drug-likeness (QED) is 0.784. The molecule has 2 unspecified atom stereocenters. The molecule has 0 amide bonds. The molecule has 3 heterocycles. The first kappa shape index (κ1) is 15.7. The Kier molecular flexibility index (Phi) is 4.16. The molecule has 1 saturated heterocycles. The van der Waals surface area contributed by atoms with Crippen molar-refractivity contribution in [3.8, 4) is 0 Å². The minimum Gasteiger partial charge on any atom is -0.473 e. The number of nitrogens with zero attached hydrogens (tertiary/aromatic N) is 3. The number of rotatable bonds is 2. The highest BCUT2D eigenvalue weighted by Crippen LogP contribution is 2.41. The smallest absolute Gasteiger partial charge is 0.414 e. The standard InChI is InChI=1S/C13H17N3O.C2H2O4/c1-16-9-4-6-10(11(16)7-5-9)13-14-12(15-17-13)8-2-3-8;3-1(4)2(5)6/h6,8-9,11H,2-5,7H2,1H3;(H,3,4)(H,5,6). The second kappa shape index (κ2) is 6.11. The van der Waals surface area contributed by atoms with E-state index in [9.17, 15) is 0 Å². The third-order valence-electron chi connectivity index (χ3n) is 4.62. The fourth-order valence-corrected chi connectivity index (χ4v) is 3.16. The van der Waals surface area contributed by atoms with Crippen LogP contribution in [0.5, 0.6) is 0 Å². The summed E-state index contributed by atoms with van der Waals surface area (Å²) in [6, 6.07) is 1.23. The van der Waals surface area contributed by atoms with Gasteiger partial charge in [-0.1, -0.05) is 11.2 Å². The first-order valence-corrected chi connectivity index (χ1v) is 7.69. The lowest BCUT2D eigenvalue weighted by atomic mass is 10.0. The van der Waals surface area contributed by atoms with E-state index < -0.39 is 11.9 Å². The normalized spacial score (nSPS) is 26.2. The number of aliphatic carboxylic acids is 2. The maximum absolute atomic E-state index is 9.10. The molecule has 23 heavy (non-hydrogen) atoms. The van der Waals surface area contributed by atoms with Crippen LogP contribution in [0.25, 0.3) is 5.57 Å². The van der Waals surface area contributed by atoms with Gasteiger partial charge in [-0.2, -0.15) is 4.98 Å². The molecule has 3 aliphatic rings. The van der Waals surface area contributed by atoms with Gasteiger partial charge < -0.3 is 14.7 Å². The molecule has 1 aromatic rings. The summed E-state index contributed by atoms with van der Waals surface area (Å²) in [5.74, 6) is -1.39. The van der Waals surface area contributed by atoms with E-state index in [2.05, 4.69) is 28.2 Å². The Morgan fingerprint density at radius 2 is 1.91 bits per heavy atom. The van der Waals surface area contributed by atoms with Gasteiger partial charge >= 0.3 is 11.9 Å². The van der Waals surface area contributed by atoms with Crippen LogP contribution >= 0.6 is 0 Å². The molecule has 2 bridgehead atoms. The monoisotopic (exact) mass is 321 g/mol. The van der Waals surface area contributed by atoms with E-state index in [1.165, 1.54) is 31.3 Å². The zero-order chi connectivity index (χ0) is 16.6. The van der Waals surface area contributed by atoms with Crippen molar-refractivity contribution in [2.45, 2.75) is 50.1 Å². The van der Waals surface area contributed by atoms with Gasteiger partial charge in [0, 0.05) is 23.6 Å². The number of hydrogen-bond donors (Lipinski definition) is 2. The summed E-state index contributed by atoms with van der Waals surface area (Å²) >= 11 is 0. The van der Waals surface area contributed by atoms with Gasteiger partial charge in [-0.3, -0.25) is 4.90 Å². The van der Waals surface area contributed by atoms with Gasteiger partial charge in [0.05, 0.1) is 0 Å². The van der Waals surface area contributed by atoms with E-state index in [1.807, 2.05) is 0 Å². The maximum atomic E-state index is 9.10. The number of carbonyl (C=O) groups is 2. The molecule has 2 N–H and O–H groups in total. The van der Waals surface area contributed by atoms with Crippen molar-refractivity contribution in [3.05, 3.63) is 17.8 Å². The summed E-state index contributed by atoms with van der Waals surface area (Å²) in [5.41, 5.74) is 1.26. The molecule has 2 fully saturated rings. The summed E-state index contributed by atoms with van der Waals surface area (Å²) < 4.78 is 5.45. The van der Waals surface area contributed by atoms with Crippen LogP contribution in [0.4, 0.5) is 0 Å². The molecule has 8 nitrogen and oxygen atoms in total. The molecule has 0 spiro atoms. The lowest BCUT2D eigenvalue weighted by Crippen LogP contribution is -2.35. The lowest BCUT2D eigenvalue weighted by Gasteiger charge is -2.29. The van der Waals surface area contributed by atoms with E-state index in [1.54, 1.807) is 0 Å². The summed E-state index contributed by atoms with van der Waals surface area (Å²) in [5, 5.41) is 18.9. The molecule has 1 aliphatic carbocycles. The zero-order valence-corrected chi connectivity index (χ0v) is 12.8. The van der Waals surface area contributed by atoms with Gasteiger partial charge in [0.25, 0.3) is 5.89 Å². The van der Waals surface area contributed by atoms with Gasteiger partial charge in [-0.25, -0.2) is 9.59 Å². The van der Waals surface area contributed by atoms with E-state index in [0.717, 1.165) is 24.2 Å². The summed E-state index contributed by atoms with van der Waals surface area (Å²) in [6.45, 7) is 0. The minimum absolute atomic E-state index is 0.501. The average Bonchev–Trinajstić information content (AvgIpc) is 3.21. The minimum atomic E-state index is -1.82. The molecule has 2 atom stereocenters. The van der Waals surface area contributed by atoms with Crippen LogP contribution in [0.3, 0.4) is 0 Å². The largest absolute Gasteiger partial charge is 0.473 e. The second-order valence-electron chi connectivity index (χ2n) is 6.15. The van der Waals surface area contributed by atoms with Crippen LogP contribution in [-0.2, 0) is 9.59 Å². The van der Waals surface area contributed by atoms with Crippen LogP contribution < -0.4 is 0 Å². The van der Waals surface area contributed by atoms with Crippen LogP contribution in [0.2, 0.25) is 0 Å². The van der Waals surface area contributed by atoms with Gasteiger partial charge in [-0.05, 0) is 39.2 Å². The van der Waals surface area contributed by atoms with Crippen molar-refractivity contribution in [1.29, 1.82) is 0 Å². The molecule has 0 aromatic carbocycles. The SMILES string of the molecule is CN1C2CC=C(c3nc(C4CC4)no3)C1CC2.O=C(O)C(=O)O. The Hall–Kier alpha value is -2.22. The summed E-state index contributed by atoms with van der Waals surface area (Å²) in [4.78, 5) is 25.2. The molecule has 124 valence electrons. The fraction of sp³-hybridized carbons (Fsp3) is 0.600. The van der Waals surface area contributed by atoms with E-state index >= 15 is 0 Å². The molecule has 1 aromatic heterocycles. The third kappa shape index (κ3) is 3.26. The predicted octanol–water partition coefficient (Wildman–Crippen LogP) is 1.35. The number of hydrogen-bond acceptors (Lipinski definition) is 6. The average molecular weight is 321 g/mol. The Balaban J connectivity index is 0.000000227. The Bertz CT molecular complexity index is 637. The Morgan fingerprint density at radius 3 is 2.52 bits per heavy atom. The van der Waals surface area contributed by atoms with Crippen molar-refractivity contribution in [2.75, 3.05) is 7.05 Å². The van der Waals surface area contributed by atoms with Crippen molar-refractivity contribution in [3.63, 3.8) is 0 Å². The van der Waals surface area contributed by atoms with Gasteiger partial charge in [0.2, 0.25) is 0 Å². The molecule has 1 saturated carbocycles. The number of fused-ring (bicyclic) bond motifs is 2. The van der Waals surface area contributed by atoms with Crippen LogP contribution in [0.15, 0.2) is 10.6 Å². The molecule has 8 heteroatoms. The molecular weight excluding hydrogens is 302 g/mol. The summed E-state index contributed by atoms with van der Waals surface area (Å²) in [6.07, 6.45) is 8.42.